The van der Waals surface area contributed by atoms with Gasteiger partial charge in [-0.05, 0) is 147 Å². The van der Waals surface area contributed by atoms with Crippen LogP contribution in [0.15, 0.2) is 212 Å². The van der Waals surface area contributed by atoms with Gasteiger partial charge in [0.2, 0.25) is 0 Å². The van der Waals surface area contributed by atoms with Crippen LogP contribution in [-0.2, 0) is 0 Å². The zero-order valence-corrected chi connectivity index (χ0v) is 37.0. The van der Waals surface area contributed by atoms with E-state index in [1.807, 2.05) is 103 Å². The Morgan fingerprint density at radius 1 is 0.455 bits per heavy atom. The number of hydrogen-bond donors (Lipinski definition) is 0. The summed E-state index contributed by atoms with van der Waals surface area (Å²) in [5.74, 6) is 0. The van der Waals surface area contributed by atoms with Gasteiger partial charge >= 0.3 is 0 Å². The second kappa shape index (κ2) is 19.3. The highest BCUT2D eigenvalue weighted by atomic mass is 14.3. The van der Waals surface area contributed by atoms with Crippen molar-refractivity contribution in [3.8, 4) is 96.1 Å². The monoisotopic (exact) mass is 843 g/mol. The van der Waals surface area contributed by atoms with E-state index in [0.29, 0.717) is 16.7 Å². The van der Waals surface area contributed by atoms with Gasteiger partial charge in [-0.2, -0.15) is 15.8 Å². The highest BCUT2D eigenvalue weighted by Gasteiger charge is 2.23. The molecule has 0 atom stereocenters. The lowest BCUT2D eigenvalue weighted by Gasteiger charge is -2.20. The van der Waals surface area contributed by atoms with Crippen molar-refractivity contribution in [2.45, 2.75) is 26.7 Å². The lowest BCUT2D eigenvalue weighted by Crippen LogP contribution is -1.98. The average Bonchev–Trinajstić information content (AvgIpc) is 3.94. The number of benzene rings is 8. The summed E-state index contributed by atoms with van der Waals surface area (Å²) < 4.78 is 0. The van der Waals surface area contributed by atoms with Crippen molar-refractivity contribution in [1.82, 2.24) is 0 Å². The number of nitriles is 3. The van der Waals surface area contributed by atoms with Crippen molar-refractivity contribution in [2.75, 3.05) is 0 Å². The number of nitrogens with zero attached hydrogens (tertiary/aromatic N) is 3. The lowest BCUT2D eigenvalue weighted by atomic mass is 9.82. The smallest absolute Gasteiger partial charge is 0.100 e. The Kier molecular flexibility index (Phi) is 12.4. The van der Waals surface area contributed by atoms with Gasteiger partial charge in [0, 0.05) is 27.8 Å². The van der Waals surface area contributed by atoms with E-state index in [1.165, 1.54) is 0 Å². The van der Waals surface area contributed by atoms with E-state index in [1.54, 1.807) is 0 Å². The SMILES string of the molecule is CC/C=C\C=C(/C)c1cc(-c2ccccc2)c(C#N)c(-c2cc(-c3cc(-c4ccccc4)cc(C4=CC=CC4)c3C#N)cc(-c3cc(-c4ccccc4)cc(-c4ccccc4)c3C#N)c2)c1. The second-order valence-corrected chi connectivity index (χ2v) is 16.4. The minimum atomic E-state index is 0.533. The Morgan fingerprint density at radius 3 is 1.24 bits per heavy atom. The first-order valence-corrected chi connectivity index (χ1v) is 22.3. The number of rotatable bonds is 11. The van der Waals surface area contributed by atoms with Crippen LogP contribution in [0.5, 0.6) is 0 Å². The maximum atomic E-state index is 11.2. The Bertz CT molecular complexity index is 3370. The van der Waals surface area contributed by atoms with Gasteiger partial charge in [0.05, 0.1) is 16.7 Å². The van der Waals surface area contributed by atoms with E-state index < -0.39 is 0 Å². The standard InChI is InChI=1S/C63H45N3/c1-3-4-9-20-43(2)49-34-55(46-25-14-7-15-26-46)61(40-64)58(35-49)52-31-53(59-38-50(44-21-10-5-11-22-44)36-56(62(59)41-65)47-27-16-8-17-28-47)33-54(32-52)60-39-51(45-23-12-6-13-24-45)37-57(63(60)42-66)48-29-18-19-30-48/h4-29,31-39H,3,30H2,1-2H3/b9-4-,43-20+. The summed E-state index contributed by atoms with van der Waals surface area (Å²) in [6, 6.07) is 67.6. The van der Waals surface area contributed by atoms with Crippen LogP contribution in [-0.4, -0.2) is 0 Å². The number of allylic oxidation sites excluding steroid dienone is 8. The van der Waals surface area contributed by atoms with Gasteiger partial charge in [-0.3, -0.25) is 0 Å². The third-order valence-corrected chi connectivity index (χ3v) is 12.3. The summed E-state index contributed by atoms with van der Waals surface area (Å²) in [7, 11) is 0. The second-order valence-electron chi connectivity index (χ2n) is 16.4. The largest absolute Gasteiger partial charge is 0.192 e. The molecule has 3 nitrogen and oxygen atoms in total. The summed E-state index contributed by atoms with van der Waals surface area (Å²) in [5.41, 5.74) is 17.8. The van der Waals surface area contributed by atoms with Crippen molar-refractivity contribution < 1.29 is 0 Å². The molecule has 8 aromatic rings. The number of hydrogen-bond acceptors (Lipinski definition) is 3. The fourth-order valence-electron chi connectivity index (χ4n) is 8.92. The molecule has 0 aromatic heterocycles. The third kappa shape index (κ3) is 8.61. The molecule has 1 aliphatic rings. The molecule has 9 rings (SSSR count). The molecule has 0 spiro atoms. The Labute approximate surface area is 388 Å². The molecule has 0 amide bonds. The van der Waals surface area contributed by atoms with Crippen molar-refractivity contribution in [3.05, 3.63) is 240 Å². The first-order chi connectivity index (χ1) is 32.5. The average molecular weight is 844 g/mol. The molecule has 0 aliphatic heterocycles. The normalized spacial score (nSPS) is 12.1. The summed E-state index contributed by atoms with van der Waals surface area (Å²) in [6.07, 6.45) is 14.2. The van der Waals surface area contributed by atoms with E-state index in [0.717, 1.165) is 113 Å². The van der Waals surface area contributed by atoms with Crippen molar-refractivity contribution in [2.24, 2.45) is 0 Å². The van der Waals surface area contributed by atoms with Gasteiger partial charge in [0.25, 0.3) is 0 Å². The Hall–Kier alpha value is -8.81. The molecule has 0 unspecified atom stereocenters. The van der Waals surface area contributed by atoms with Crippen molar-refractivity contribution in [3.63, 3.8) is 0 Å². The van der Waals surface area contributed by atoms with E-state index in [-0.39, 0.29) is 0 Å². The third-order valence-electron chi connectivity index (χ3n) is 12.3. The van der Waals surface area contributed by atoms with Crippen LogP contribution < -0.4 is 0 Å². The molecule has 0 N–H and O–H groups in total. The first kappa shape index (κ1) is 42.5. The van der Waals surface area contributed by atoms with E-state index in [4.69, 9.17) is 0 Å². The molecular weight excluding hydrogens is 799 g/mol. The maximum Gasteiger partial charge on any atom is 0.100 e. The van der Waals surface area contributed by atoms with Crippen molar-refractivity contribution >= 4 is 11.1 Å². The first-order valence-electron chi connectivity index (χ1n) is 22.3. The molecule has 0 fully saturated rings. The zero-order valence-electron chi connectivity index (χ0n) is 37.0. The van der Waals surface area contributed by atoms with Crippen molar-refractivity contribution in [1.29, 1.82) is 15.8 Å². The van der Waals surface area contributed by atoms with E-state index >= 15 is 0 Å². The molecule has 0 bridgehead atoms. The van der Waals surface area contributed by atoms with Crippen LogP contribution in [0.4, 0.5) is 0 Å². The van der Waals surface area contributed by atoms with Crippen LogP contribution in [0.3, 0.4) is 0 Å². The van der Waals surface area contributed by atoms with Gasteiger partial charge in [0.15, 0.2) is 0 Å². The zero-order chi connectivity index (χ0) is 45.4. The van der Waals surface area contributed by atoms with Crippen LogP contribution in [0.25, 0.3) is 89.0 Å². The van der Waals surface area contributed by atoms with Gasteiger partial charge in [-0.1, -0.05) is 165 Å². The predicted molar refractivity (Wildman–Crippen MR) is 273 cm³/mol. The van der Waals surface area contributed by atoms with Crippen LogP contribution in [0.2, 0.25) is 0 Å². The molecule has 312 valence electrons. The fraction of sp³-hybridized carbons (Fsp3) is 0.0635. The van der Waals surface area contributed by atoms with Gasteiger partial charge in [-0.15, -0.1) is 0 Å². The molecule has 66 heavy (non-hydrogen) atoms. The molecule has 8 aromatic carbocycles. The van der Waals surface area contributed by atoms with E-state index in [9.17, 15) is 15.8 Å². The van der Waals surface area contributed by atoms with Gasteiger partial charge in [-0.25, -0.2) is 0 Å². The molecule has 0 saturated heterocycles. The molecule has 0 heterocycles. The van der Waals surface area contributed by atoms with Crippen LogP contribution in [0, 0.1) is 34.0 Å². The van der Waals surface area contributed by atoms with Gasteiger partial charge < -0.3 is 0 Å². The summed E-state index contributed by atoms with van der Waals surface area (Å²) in [5, 5.41) is 33.7. The maximum absolute atomic E-state index is 11.2. The molecule has 3 heteroatoms. The Morgan fingerprint density at radius 2 is 0.833 bits per heavy atom. The van der Waals surface area contributed by atoms with Gasteiger partial charge in [0.1, 0.15) is 18.2 Å². The predicted octanol–water partition coefficient (Wildman–Crippen LogP) is 16.7. The molecular formula is C63H45N3. The molecule has 0 radical (unpaired) electrons. The highest BCUT2D eigenvalue weighted by Crippen LogP contribution is 2.45. The quantitative estimate of drug-likeness (QED) is 0.122. The summed E-state index contributed by atoms with van der Waals surface area (Å²) in [6.45, 7) is 4.22. The Balaban J connectivity index is 1.41. The summed E-state index contributed by atoms with van der Waals surface area (Å²) >= 11 is 0. The highest BCUT2D eigenvalue weighted by molar-refractivity contribution is 5.95. The van der Waals surface area contributed by atoms with Crippen LogP contribution in [0.1, 0.15) is 54.5 Å². The van der Waals surface area contributed by atoms with Crippen LogP contribution >= 0.6 is 0 Å². The topological polar surface area (TPSA) is 71.4 Å². The minimum Gasteiger partial charge on any atom is -0.192 e. The van der Waals surface area contributed by atoms with E-state index in [2.05, 4.69) is 141 Å². The molecule has 1 aliphatic carbocycles. The fourth-order valence-corrected chi connectivity index (χ4v) is 8.92. The minimum absolute atomic E-state index is 0.533. The lowest BCUT2D eigenvalue weighted by molar-refractivity contribution is 1.22. The molecule has 0 saturated carbocycles. The summed E-state index contributed by atoms with van der Waals surface area (Å²) in [4.78, 5) is 0.